The number of likely N-dealkylation sites (tertiary alicyclic amines) is 1. The van der Waals surface area contributed by atoms with E-state index in [4.69, 9.17) is 14.2 Å². The largest absolute Gasteiger partial charge is 0.507 e. The first-order valence-corrected chi connectivity index (χ1v) is 11.4. The Balaban J connectivity index is 1.66. The summed E-state index contributed by atoms with van der Waals surface area (Å²) in [6.07, 6.45) is 3.28. The van der Waals surface area contributed by atoms with Crippen LogP contribution in [0, 0.1) is 0 Å². The predicted molar refractivity (Wildman–Crippen MR) is 127 cm³/mol. The second-order valence-corrected chi connectivity index (χ2v) is 8.12. The summed E-state index contributed by atoms with van der Waals surface area (Å²) in [5.41, 5.74) is 1.71. The van der Waals surface area contributed by atoms with E-state index in [1.165, 1.54) is 4.90 Å². The minimum Gasteiger partial charge on any atom is -0.507 e. The van der Waals surface area contributed by atoms with Gasteiger partial charge in [-0.2, -0.15) is 0 Å². The lowest BCUT2D eigenvalue weighted by atomic mass is 9.94. The second kappa shape index (κ2) is 9.50. The van der Waals surface area contributed by atoms with Gasteiger partial charge >= 0.3 is 0 Å². The summed E-state index contributed by atoms with van der Waals surface area (Å²) in [4.78, 5) is 32.2. The van der Waals surface area contributed by atoms with Gasteiger partial charge in [-0.3, -0.25) is 14.6 Å². The van der Waals surface area contributed by atoms with Crippen molar-refractivity contribution in [1.82, 2.24) is 9.88 Å². The highest BCUT2D eigenvalue weighted by atomic mass is 16.6. The van der Waals surface area contributed by atoms with Crippen LogP contribution in [0.25, 0.3) is 5.76 Å². The van der Waals surface area contributed by atoms with E-state index in [0.29, 0.717) is 48.2 Å². The Kier molecular flexibility index (Phi) is 6.10. The van der Waals surface area contributed by atoms with Crippen LogP contribution in [-0.2, 0) is 16.1 Å². The van der Waals surface area contributed by atoms with Crippen LogP contribution in [0.4, 0.5) is 0 Å². The molecule has 35 heavy (non-hydrogen) atoms. The first-order valence-electron chi connectivity index (χ1n) is 11.4. The number of para-hydroxylation sites is 1. The number of Topliss-reactive ketones (excluding diaryl/α,β-unsaturated/α-hetero) is 1. The van der Waals surface area contributed by atoms with E-state index in [1.807, 2.05) is 25.1 Å². The minimum absolute atomic E-state index is 0.0114. The monoisotopic (exact) mass is 472 g/mol. The molecule has 0 aliphatic carbocycles. The molecule has 2 aliphatic rings. The lowest BCUT2D eigenvalue weighted by Gasteiger charge is -2.27. The van der Waals surface area contributed by atoms with E-state index in [1.54, 1.807) is 48.8 Å². The first kappa shape index (κ1) is 22.5. The summed E-state index contributed by atoms with van der Waals surface area (Å²) < 4.78 is 17.0. The Morgan fingerprint density at radius 2 is 1.89 bits per heavy atom. The van der Waals surface area contributed by atoms with Crippen molar-refractivity contribution in [2.45, 2.75) is 19.5 Å². The Labute approximate surface area is 202 Å². The van der Waals surface area contributed by atoms with E-state index in [-0.39, 0.29) is 17.9 Å². The van der Waals surface area contributed by atoms with Crippen LogP contribution >= 0.6 is 0 Å². The highest BCUT2D eigenvalue weighted by molar-refractivity contribution is 6.46. The quantitative estimate of drug-likeness (QED) is 0.330. The van der Waals surface area contributed by atoms with E-state index in [9.17, 15) is 14.7 Å². The number of hydrogen-bond acceptors (Lipinski definition) is 7. The molecule has 8 nitrogen and oxygen atoms in total. The molecule has 1 atom stereocenters. The van der Waals surface area contributed by atoms with Gasteiger partial charge in [-0.05, 0) is 42.8 Å². The Bertz CT molecular complexity index is 1300. The van der Waals surface area contributed by atoms with Gasteiger partial charge in [0.05, 0.1) is 18.2 Å². The molecule has 5 rings (SSSR count). The summed E-state index contributed by atoms with van der Waals surface area (Å²) in [5.74, 6) is -0.197. The third kappa shape index (κ3) is 4.19. The van der Waals surface area contributed by atoms with E-state index in [2.05, 4.69) is 4.98 Å². The van der Waals surface area contributed by atoms with Gasteiger partial charge in [-0.1, -0.05) is 24.3 Å². The maximum absolute atomic E-state index is 13.3. The van der Waals surface area contributed by atoms with Crippen molar-refractivity contribution in [3.63, 3.8) is 0 Å². The summed E-state index contributed by atoms with van der Waals surface area (Å²) in [7, 11) is 0. The number of amides is 1. The molecule has 2 aromatic carbocycles. The number of ketones is 1. The molecule has 3 aromatic rings. The summed E-state index contributed by atoms with van der Waals surface area (Å²) in [6.45, 7) is 3.22. The van der Waals surface area contributed by atoms with Gasteiger partial charge in [0.1, 0.15) is 24.7 Å². The number of nitrogens with zero attached hydrogens (tertiary/aromatic N) is 2. The van der Waals surface area contributed by atoms with Crippen molar-refractivity contribution in [3.8, 4) is 17.2 Å². The molecule has 8 heteroatoms. The zero-order valence-electron chi connectivity index (χ0n) is 19.1. The maximum atomic E-state index is 13.3. The standard InChI is InChI=1S/C27H24N2O6/c1-2-33-20-8-4-3-7-19(20)24-23(25(30)18-9-10-21-22(14-18)35-13-12-34-21)26(31)27(32)29(24)16-17-6-5-11-28-15-17/h3-11,14-15,24,30H,2,12-13,16H2,1H3/b25-23+. The van der Waals surface area contributed by atoms with Gasteiger partial charge < -0.3 is 24.2 Å². The maximum Gasteiger partial charge on any atom is 0.295 e. The number of benzene rings is 2. The van der Waals surface area contributed by atoms with Gasteiger partial charge in [0, 0.05) is 30.1 Å². The number of aliphatic hydroxyl groups is 1. The summed E-state index contributed by atoms with van der Waals surface area (Å²) in [6, 6.07) is 14.9. The van der Waals surface area contributed by atoms with Gasteiger partial charge in [0.2, 0.25) is 0 Å². The van der Waals surface area contributed by atoms with Crippen LogP contribution in [-0.4, -0.2) is 46.5 Å². The number of hydrogen-bond donors (Lipinski definition) is 1. The van der Waals surface area contributed by atoms with Crippen LogP contribution in [0.5, 0.6) is 17.2 Å². The molecular weight excluding hydrogens is 448 g/mol. The Morgan fingerprint density at radius 3 is 2.66 bits per heavy atom. The van der Waals surface area contributed by atoms with Crippen molar-refractivity contribution in [1.29, 1.82) is 0 Å². The lowest BCUT2D eigenvalue weighted by molar-refractivity contribution is -0.140. The lowest BCUT2D eigenvalue weighted by Crippen LogP contribution is -2.29. The van der Waals surface area contributed by atoms with Gasteiger partial charge in [-0.15, -0.1) is 0 Å². The van der Waals surface area contributed by atoms with Gasteiger partial charge in [-0.25, -0.2) is 0 Å². The topological polar surface area (TPSA) is 98.2 Å². The highest BCUT2D eigenvalue weighted by Crippen LogP contribution is 2.44. The van der Waals surface area contributed by atoms with E-state index < -0.39 is 17.7 Å². The third-order valence-corrected chi connectivity index (χ3v) is 5.94. The molecule has 178 valence electrons. The molecule has 1 saturated heterocycles. The van der Waals surface area contributed by atoms with Crippen molar-refractivity contribution < 1.29 is 28.9 Å². The third-order valence-electron chi connectivity index (χ3n) is 5.94. The number of ether oxygens (including phenoxy) is 3. The second-order valence-electron chi connectivity index (χ2n) is 8.12. The van der Waals surface area contributed by atoms with Crippen molar-refractivity contribution in [2.75, 3.05) is 19.8 Å². The number of carbonyl (C=O) groups excluding carboxylic acids is 2. The number of carbonyl (C=O) groups is 2. The molecule has 1 fully saturated rings. The van der Waals surface area contributed by atoms with Crippen LogP contribution in [0.2, 0.25) is 0 Å². The van der Waals surface area contributed by atoms with Crippen LogP contribution in [0.3, 0.4) is 0 Å². The fourth-order valence-electron chi connectivity index (χ4n) is 4.39. The SMILES string of the molecule is CCOc1ccccc1C1/C(=C(\O)c2ccc3c(c2)OCCO3)C(=O)C(=O)N1Cc1cccnc1. The summed E-state index contributed by atoms with van der Waals surface area (Å²) >= 11 is 0. The smallest absolute Gasteiger partial charge is 0.295 e. The molecule has 0 radical (unpaired) electrons. The molecule has 2 aliphatic heterocycles. The number of rotatable bonds is 6. The molecule has 1 N–H and O–H groups in total. The fourth-order valence-corrected chi connectivity index (χ4v) is 4.39. The number of aromatic nitrogens is 1. The van der Waals surface area contributed by atoms with Crippen LogP contribution in [0.1, 0.15) is 29.7 Å². The molecule has 1 aromatic heterocycles. The average molecular weight is 472 g/mol. The molecule has 0 saturated carbocycles. The van der Waals surface area contributed by atoms with Crippen LogP contribution < -0.4 is 14.2 Å². The van der Waals surface area contributed by atoms with Gasteiger partial charge in [0.25, 0.3) is 11.7 Å². The number of pyridine rings is 1. The first-order chi connectivity index (χ1) is 17.1. The highest BCUT2D eigenvalue weighted by Gasteiger charge is 2.47. The fraction of sp³-hybridized carbons (Fsp3) is 0.222. The van der Waals surface area contributed by atoms with Gasteiger partial charge in [0.15, 0.2) is 11.5 Å². The molecular formula is C27H24N2O6. The molecule has 0 spiro atoms. The van der Waals surface area contributed by atoms with Crippen molar-refractivity contribution in [3.05, 3.63) is 89.3 Å². The molecule has 0 bridgehead atoms. The van der Waals surface area contributed by atoms with Crippen LogP contribution in [0.15, 0.2) is 72.6 Å². The van der Waals surface area contributed by atoms with Crippen molar-refractivity contribution >= 4 is 17.4 Å². The average Bonchev–Trinajstić information content (AvgIpc) is 3.14. The minimum atomic E-state index is -0.855. The van der Waals surface area contributed by atoms with E-state index in [0.717, 1.165) is 5.56 Å². The van der Waals surface area contributed by atoms with E-state index >= 15 is 0 Å². The predicted octanol–water partition coefficient (Wildman–Crippen LogP) is 3.87. The number of fused-ring (bicyclic) bond motifs is 1. The Morgan fingerprint density at radius 1 is 1.09 bits per heavy atom. The summed E-state index contributed by atoms with van der Waals surface area (Å²) in [5, 5.41) is 11.4. The van der Waals surface area contributed by atoms with Crippen molar-refractivity contribution in [2.24, 2.45) is 0 Å². The molecule has 1 unspecified atom stereocenters. The zero-order chi connectivity index (χ0) is 24.4. The molecule has 3 heterocycles. The molecule has 1 amide bonds. The number of aliphatic hydroxyl groups excluding tert-OH is 1. The normalized spacial score (nSPS) is 18.5. The Hall–Kier alpha value is -4.33. The zero-order valence-corrected chi connectivity index (χ0v) is 19.1.